The summed E-state index contributed by atoms with van der Waals surface area (Å²) in [5, 5.41) is 0. The quantitative estimate of drug-likeness (QED) is 0.526. The SMILES string of the molecule is COc1cc2c(cc1OC)[C@H]1CC(=O)C3=C(CC(C)(C)[C@H](Br)C3=O)N1CC2. The molecule has 0 unspecified atom stereocenters. The highest BCUT2D eigenvalue weighted by atomic mass is 79.9. The molecule has 0 radical (unpaired) electrons. The molecule has 6 heteroatoms. The van der Waals surface area contributed by atoms with Crippen molar-refractivity contribution in [2.45, 2.75) is 44.0 Å². The number of Topliss-reactive ketones (excluding diaryl/α,β-unsaturated/α-hetero) is 2. The number of nitrogens with zero attached hydrogens (tertiary/aromatic N) is 1. The fraction of sp³-hybridized carbons (Fsp3) is 0.524. The normalized spacial score (nSPS) is 26.3. The van der Waals surface area contributed by atoms with Crippen molar-refractivity contribution in [2.75, 3.05) is 20.8 Å². The maximum absolute atomic E-state index is 13.0. The van der Waals surface area contributed by atoms with Gasteiger partial charge in [-0.15, -0.1) is 0 Å². The molecule has 0 amide bonds. The maximum Gasteiger partial charge on any atom is 0.182 e. The van der Waals surface area contributed by atoms with Gasteiger partial charge in [-0.3, -0.25) is 9.59 Å². The first-order valence-corrected chi connectivity index (χ1v) is 10.2. The van der Waals surface area contributed by atoms with Gasteiger partial charge in [-0.05, 0) is 41.5 Å². The van der Waals surface area contributed by atoms with Gasteiger partial charge in [0.2, 0.25) is 0 Å². The fourth-order valence-electron chi connectivity index (χ4n) is 4.63. The molecule has 3 aliphatic rings. The van der Waals surface area contributed by atoms with Crippen LogP contribution in [0, 0.1) is 5.41 Å². The van der Waals surface area contributed by atoms with E-state index in [2.05, 4.69) is 34.7 Å². The molecule has 4 rings (SSSR count). The summed E-state index contributed by atoms with van der Waals surface area (Å²) in [6.07, 6.45) is 1.89. The van der Waals surface area contributed by atoms with Crippen molar-refractivity contribution >= 4 is 27.5 Å². The molecular weight excluding hydrogens is 410 g/mol. The predicted molar refractivity (Wildman–Crippen MR) is 105 cm³/mol. The van der Waals surface area contributed by atoms with Gasteiger partial charge in [-0.1, -0.05) is 29.8 Å². The lowest BCUT2D eigenvalue weighted by molar-refractivity contribution is -0.125. The van der Waals surface area contributed by atoms with Crippen LogP contribution in [-0.2, 0) is 16.0 Å². The van der Waals surface area contributed by atoms with Crippen LogP contribution in [-0.4, -0.2) is 42.1 Å². The second-order valence-electron chi connectivity index (χ2n) is 8.21. The number of rotatable bonds is 2. The van der Waals surface area contributed by atoms with Crippen LogP contribution in [0.15, 0.2) is 23.4 Å². The third-order valence-corrected chi connectivity index (χ3v) is 7.74. The number of halogens is 1. The third kappa shape index (κ3) is 2.72. The number of hydrogen-bond acceptors (Lipinski definition) is 5. The van der Waals surface area contributed by atoms with Gasteiger partial charge in [-0.25, -0.2) is 0 Å². The van der Waals surface area contributed by atoms with Crippen LogP contribution < -0.4 is 9.47 Å². The summed E-state index contributed by atoms with van der Waals surface area (Å²) >= 11 is 3.53. The lowest BCUT2D eigenvalue weighted by atomic mass is 9.71. The van der Waals surface area contributed by atoms with E-state index in [9.17, 15) is 9.59 Å². The van der Waals surface area contributed by atoms with Gasteiger partial charge in [0.25, 0.3) is 0 Å². The zero-order valence-electron chi connectivity index (χ0n) is 16.1. The van der Waals surface area contributed by atoms with Gasteiger partial charge in [0.15, 0.2) is 23.1 Å². The molecule has 2 atom stereocenters. The summed E-state index contributed by atoms with van der Waals surface area (Å²) < 4.78 is 10.9. The second kappa shape index (κ2) is 6.36. The van der Waals surface area contributed by atoms with Crippen molar-refractivity contribution in [1.82, 2.24) is 4.90 Å². The number of alkyl halides is 1. The van der Waals surface area contributed by atoms with E-state index in [4.69, 9.17) is 9.47 Å². The number of carbonyl (C=O) groups is 2. The van der Waals surface area contributed by atoms with Gasteiger partial charge in [0.1, 0.15) is 0 Å². The molecule has 0 aromatic heterocycles. The highest BCUT2D eigenvalue weighted by Gasteiger charge is 2.49. The maximum atomic E-state index is 13.0. The van der Waals surface area contributed by atoms with E-state index in [-0.39, 0.29) is 27.9 Å². The zero-order valence-corrected chi connectivity index (χ0v) is 17.7. The first kappa shape index (κ1) is 18.5. The third-order valence-electron chi connectivity index (χ3n) is 6.08. The first-order chi connectivity index (χ1) is 12.8. The van der Waals surface area contributed by atoms with Crippen LogP contribution in [0.4, 0.5) is 0 Å². The van der Waals surface area contributed by atoms with E-state index in [1.54, 1.807) is 14.2 Å². The average Bonchev–Trinajstić information content (AvgIpc) is 2.64. The summed E-state index contributed by atoms with van der Waals surface area (Å²) in [6, 6.07) is 3.97. The zero-order chi connectivity index (χ0) is 19.5. The summed E-state index contributed by atoms with van der Waals surface area (Å²) in [7, 11) is 3.25. The molecule has 1 aliphatic carbocycles. The summed E-state index contributed by atoms with van der Waals surface area (Å²) in [5.41, 5.74) is 3.39. The number of benzene rings is 1. The highest BCUT2D eigenvalue weighted by molar-refractivity contribution is 9.10. The Hall–Kier alpha value is -1.82. The fourth-order valence-corrected chi connectivity index (χ4v) is 5.02. The Labute approximate surface area is 167 Å². The van der Waals surface area contributed by atoms with E-state index in [0.29, 0.717) is 23.5 Å². The molecule has 1 aromatic carbocycles. The minimum absolute atomic E-state index is 0.0427. The topological polar surface area (TPSA) is 55.8 Å². The van der Waals surface area contributed by atoms with Crippen LogP contribution >= 0.6 is 15.9 Å². The molecule has 0 fully saturated rings. The Kier molecular flexibility index (Phi) is 4.37. The number of methoxy groups -OCH3 is 2. The number of carbonyl (C=O) groups excluding carboxylic acids is 2. The van der Waals surface area contributed by atoms with Crippen LogP contribution in [0.2, 0.25) is 0 Å². The first-order valence-electron chi connectivity index (χ1n) is 9.24. The van der Waals surface area contributed by atoms with Gasteiger partial charge >= 0.3 is 0 Å². The van der Waals surface area contributed by atoms with Crippen LogP contribution in [0.5, 0.6) is 11.5 Å². The molecule has 0 bridgehead atoms. The Bertz CT molecular complexity index is 873. The molecular formula is C21H24BrNO4. The average molecular weight is 434 g/mol. The van der Waals surface area contributed by atoms with Crippen molar-refractivity contribution in [3.8, 4) is 11.5 Å². The van der Waals surface area contributed by atoms with Crippen molar-refractivity contribution < 1.29 is 19.1 Å². The molecule has 144 valence electrons. The summed E-state index contributed by atoms with van der Waals surface area (Å²) in [5.74, 6) is 1.27. The van der Waals surface area contributed by atoms with Gasteiger partial charge in [0, 0.05) is 18.7 Å². The molecule has 0 saturated carbocycles. The number of allylic oxidation sites excluding steroid dienone is 2. The van der Waals surface area contributed by atoms with Crippen molar-refractivity contribution in [2.24, 2.45) is 5.41 Å². The molecule has 1 aromatic rings. The van der Waals surface area contributed by atoms with Crippen molar-refractivity contribution in [3.63, 3.8) is 0 Å². The summed E-state index contributed by atoms with van der Waals surface area (Å²) in [6.45, 7) is 4.96. The van der Waals surface area contributed by atoms with E-state index in [0.717, 1.165) is 30.6 Å². The monoisotopic (exact) mass is 433 g/mol. The Balaban J connectivity index is 1.82. The Morgan fingerprint density at radius 2 is 1.81 bits per heavy atom. The van der Waals surface area contributed by atoms with Crippen LogP contribution in [0.1, 0.15) is 43.9 Å². The van der Waals surface area contributed by atoms with Gasteiger partial charge in [0.05, 0.1) is 30.7 Å². The molecule has 0 saturated heterocycles. The largest absolute Gasteiger partial charge is 0.493 e. The number of fused-ring (bicyclic) bond motifs is 4. The minimum Gasteiger partial charge on any atom is -0.493 e. The van der Waals surface area contributed by atoms with Crippen molar-refractivity contribution in [1.29, 1.82) is 0 Å². The Morgan fingerprint density at radius 1 is 1.15 bits per heavy atom. The van der Waals surface area contributed by atoms with Crippen LogP contribution in [0.25, 0.3) is 0 Å². The van der Waals surface area contributed by atoms with E-state index < -0.39 is 0 Å². The van der Waals surface area contributed by atoms with Crippen molar-refractivity contribution in [3.05, 3.63) is 34.5 Å². The Morgan fingerprint density at radius 3 is 2.48 bits per heavy atom. The second-order valence-corrected chi connectivity index (χ2v) is 9.12. The standard InChI is InChI=1S/C21H24BrNO4/c1-21(2)10-14-18(19(25)20(21)22)15(24)9-13-12-8-17(27-4)16(26-3)7-11(12)5-6-23(13)14/h7-8,13,20H,5-6,9-10H2,1-4H3/t13-,20-/m1/s1. The minimum atomic E-state index is -0.314. The molecule has 2 aliphatic heterocycles. The highest BCUT2D eigenvalue weighted by Crippen LogP contribution is 2.50. The van der Waals surface area contributed by atoms with Gasteiger partial charge < -0.3 is 14.4 Å². The van der Waals surface area contributed by atoms with E-state index >= 15 is 0 Å². The molecule has 5 nitrogen and oxygen atoms in total. The van der Waals surface area contributed by atoms with E-state index in [1.807, 2.05) is 12.1 Å². The molecule has 27 heavy (non-hydrogen) atoms. The lowest BCUT2D eigenvalue weighted by Crippen LogP contribution is -2.49. The smallest absolute Gasteiger partial charge is 0.182 e. The van der Waals surface area contributed by atoms with Gasteiger partial charge in [-0.2, -0.15) is 0 Å². The molecule has 0 spiro atoms. The number of hydrogen-bond donors (Lipinski definition) is 0. The summed E-state index contributed by atoms with van der Waals surface area (Å²) in [4.78, 5) is 27.8. The number of ether oxygens (including phenoxy) is 2. The number of ketones is 2. The lowest BCUT2D eigenvalue weighted by Gasteiger charge is -2.48. The van der Waals surface area contributed by atoms with E-state index in [1.165, 1.54) is 5.56 Å². The predicted octanol–water partition coefficient (Wildman–Crippen LogP) is 3.59. The molecule has 0 N–H and O–H groups in total. The molecule has 2 heterocycles. The van der Waals surface area contributed by atoms with Crippen LogP contribution in [0.3, 0.4) is 0 Å².